The second kappa shape index (κ2) is 7.29. The Morgan fingerprint density at radius 2 is 1.65 bits per heavy atom. The number of nitrogens with zero attached hydrogens (tertiary/aromatic N) is 4. The predicted molar refractivity (Wildman–Crippen MR) is 90.8 cm³/mol. The lowest BCUT2D eigenvalue weighted by Crippen LogP contribution is -2.50. The average Bonchev–Trinajstić information content (AvgIpc) is 2.53. The molecule has 1 aliphatic heterocycles. The lowest BCUT2D eigenvalue weighted by atomic mass is 10.1. The van der Waals surface area contributed by atoms with Crippen molar-refractivity contribution >= 4 is 23.6 Å². The van der Waals surface area contributed by atoms with E-state index < -0.39 is 0 Å². The lowest BCUT2D eigenvalue weighted by molar-refractivity contribution is -0.130. The third-order valence-corrected chi connectivity index (χ3v) is 4.69. The van der Waals surface area contributed by atoms with Gasteiger partial charge in [0.1, 0.15) is 10.9 Å². The van der Waals surface area contributed by atoms with E-state index in [-0.39, 0.29) is 17.7 Å². The summed E-state index contributed by atoms with van der Waals surface area (Å²) in [6.45, 7) is 9.79. The molecule has 0 N–H and O–H groups in total. The molecule has 0 aliphatic carbocycles. The first-order chi connectivity index (χ1) is 10.8. The minimum atomic E-state index is -0.0367. The number of aryl methyl sites for hydroxylation is 1. The maximum absolute atomic E-state index is 12.9. The molecular formula is C16H24N4O2S. The van der Waals surface area contributed by atoms with Gasteiger partial charge in [-0.1, -0.05) is 13.8 Å². The molecule has 6 nitrogen and oxygen atoms in total. The van der Waals surface area contributed by atoms with Gasteiger partial charge in [0.25, 0.3) is 5.91 Å². The number of rotatable bonds is 3. The summed E-state index contributed by atoms with van der Waals surface area (Å²) in [7, 11) is 0. The topological polar surface area (TPSA) is 66.4 Å². The van der Waals surface area contributed by atoms with E-state index in [1.165, 1.54) is 11.8 Å². The molecular weight excluding hydrogens is 312 g/mol. The van der Waals surface area contributed by atoms with Gasteiger partial charge in [-0.05, 0) is 13.2 Å². The maximum atomic E-state index is 12.9. The molecule has 1 fully saturated rings. The molecule has 7 heteroatoms. The molecule has 0 radical (unpaired) electrons. The first kappa shape index (κ1) is 17.7. The van der Waals surface area contributed by atoms with Crippen LogP contribution in [0.4, 0.5) is 0 Å². The molecule has 126 valence electrons. The van der Waals surface area contributed by atoms with Crippen molar-refractivity contribution in [1.82, 2.24) is 19.8 Å². The van der Waals surface area contributed by atoms with Crippen molar-refractivity contribution in [3.8, 4) is 0 Å². The van der Waals surface area contributed by atoms with Crippen LogP contribution < -0.4 is 0 Å². The fourth-order valence-electron chi connectivity index (χ4n) is 2.60. The largest absolute Gasteiger partial charge is 0.339 e. The Balaban J connectivity index is 2.24. The van der Waals surface area contributed by atoms with Crippen LogP contribution in [-0.2, 0) is 4.79 Å². The summed E-state index contributed by atoms with van der Waals surface area (Å²) >= 11 is 1.48. The first-order valence-electron chi connectivity index (χ1n) is 7.82. The molecule has 23 heavy (non-hydrogen) atoms. The third kappa shape index (κ3) is 3.83. The third-order valence-electron chi connectivity index (χ3n) is 4.01. The van der Waals surface area contributed by atoms with Gasteiger partial charge < -0.3 is 9.80 Å². The Bertz CT molecular complexity index is 610. The number of thioether (sulfide) groups is 1. The fraction of sp³-hybridized carbons (Fsp3) is 0.625. The Labute approximate surface area is 141 Å². The van der Waals surface area contributed by atoms with Crippen molar-refractivity contribution in [2.75, 3.05) is 32.4 Å². The number of hydrogen-bond acceptors (Lipinski definition) is 5. The van der Waals surface area contributed by atoms with E-state index in [0.29, 0.717) is 31.7 Å². The van der Waals surface area contributed by atoms with Crippen molar-refractivity contribution < 1.29 is 9.59 Å². The molecule has 0 unspecified atom stereocenters. The Morgan fingerprint density at radius 3 is 2.13 bits per heavy atom. The smallest absolute Gasteiger partial charge is 0.258 e. The number of carbonyl (C=O) groups is 2. The van der Waals surface area contributed by atoms with Crippen LogP contribution in [0.5, 0.6) is 0 Å². The molecule has 2 heterocycles. The fourth-order valence-corrected chi connectivity index (χ4v) is 3.23. The van der Waals surface area contributed by atoms with Gasteiger partial charge in [-0.2, -0.15) is 0 Å². The maximum Gasteiger partial charge on any atom is 0.258 e. The summed E-state index contributed by atoms with van der Waals surface area (Å²) in [5, 5.41) is 0.736. The number of aromatic nitrogens is 2. The van der Waals surface area contributed by atoms with Crippen molar-refractivity contribution in [1.29, 1.82) is 0 Å². The summed E-state index contributed by atoms with van der Waals surface area (Å²) in [6, 6.07) is 0. The number of piperazine rings is 1. The highest BCUT2D eigenvalue weighted by molar-refractivity contribution is 7.98. The summed E-state index contributed by atoms with van der Waals surface area (Å²) in [5.74, 6) is 1.01. The van der Waals surface area contributed by atoms with Crippen LogP contribution in [0.3, 0.4) is 0 Å². The number of carbonyl (C=O) groups excluding carboxylic acids is 2. The van der Waals surface area contributed by atoms with Gasteiger partial charge in [0, 0.05) is 39.0 Å². The second-order valence-corrected chi connectivity index (χ2v) is 6.80. The van der Waals surface area contributed by atoms with Gasteiger partial charge in [0.2, 0.25) is 5.91 Å². The molecule has 1 aromatic rings. The van der Waals surface area contributed by atoms with Crippen molar-refractivity contribution in [3.05, 3.63) is 17.1 Å². The van der Waals surface area contributed by atoms with Crippen LogP contribution >= 0.6 is 11.8 Å². The zero-order chi connectivity index (χ0) is 17.1. The first-order valence-corrected chi connectivity index (χ1v) is 9.05. The molecule has 1 aromatic heterocycles. The van der Waals surface area contributed by atoms with Crippen LogP contribution in [0.2, 0.25) is 0 Å². The number of amides is 2. The molecule has 2 amide bonds. The van der Waals surface area contributed by atoms with Crippen LogP contribution in [-0.4, -0.2) is 64.0 Å². The Hall–Kier alpha value is -1.63. The highest BCUT2D eigenvalue weighted by Gasteiger charge is 2.27. The van der Waals surface area contributed by atoms with Crippen LogP contribution in [0.15, 0.2) is 5.03 Å². The van der Waals surface area contributed by atoms with Crippen molar-refractivity contribution in [2.24, 2.45) is 0 Å². The highest BCUT2D eigenvalue weighted by Crippen LogP contribution is 2.24. The monoisotopic (exact) mass is 336 g/mol. The van der Waals surface area contributed by atoms with E-state index in [1.54, 1.807) is 16.7 Å². The quantitative estimate of drug-likeness (QED) is 0.623. The van der Waals surface area contributed by atoms with Gasteiger partial charge in [-0.15, -0.1) is 11.8 Å². The SMILES string of the molecule is CSc1nc(C(C)C)nc(C)c1C(=O)N1CCN(C(C)=O)CC1. The zero-order valence-electron chi connectivity index (χ0n) is 14.4. The van der Waals surface area contributed by atoms with Gasteiger partial charge in [0.05, 0.1) is 11.3 Å². The van der Waals surface area contributed by atoms with Crippen LogP contribution in [0.25, 0.3) is 0 Å². The molecule has 0 bridgehead atoms. The van der Waals surface area contributed by atoms with E-state index in [1.807, 2.05) is 27.0 Å². The van der Waals surface area contributed by atoms with Crippen molar-refractivity contribution in [2.45, 2.75) is 38.6 Å². The average molecular weight is 336 g/mol. The van der Waals surface area contributed by atoms with E-state index in [0.717, 1.165) is 16.5 Å². The summed E-state index contributed by atoms with van der Waals surface area (Å²) in [4.78, 5) is 36.9. The Kier molecular flexibility index (Phi) is 5.62. The normalized spacial score (nSPS) is 15.2. The minimum absolute atomic E-state index is 0.0367. The highest BCUT2D eigenvalue weighted by atomic mass is 32.2. The minimum Gasteiger partial charge on any atom is -0.339 e. The molecule has 0 aromatic carbocycles. The second-order valence-electron chi connectivity index (χ2n) is 6.00. The van der Waals surface area contributed by atoms with E-state index in [4.69, 9.17) is 0 Å². The van der Waals surface area contributed by atoms with E-state index in [2.05, 4.69) is 9.97 Å². The summed E-state index contributed by atoms with van der Waals surface area (Å²) in [5.41, 5.74) is 1.32. The standard InChI is InChI=1S/C16H24N4O2S/c1-10(2)14-17-11(3)13(15(18-14)23-5)16(22)20-8-6-19(7-9-20)12(4)21/h10H,6-9H2,1-5H3. The van der Waals surface area contributed by atoms with Gasteiger partial charge in [-0.25, -0.2) is 9.97 Å². The Morgan fingerprint density at radius 1 is 1.09 bits per heavy atom. The summed E-state index contributed by atoms with van der Waals surface area (Å²) in [6.07, 6.45) is 1.93. The molecule has 0 spiro atoms. The van der Waals surface area contributed by atoms with Gasteiger partial charge >= 0.3 is 0 Å². The van der Waals surface area contributed by atoms with Gasteiger partial charge in [-0.3, -0.25) is 9.59 Å². The summed E-state index contributed by atoms with van der Waals surface area (Å²) < 4.78 is 0. The predicted octanol–water partition coefficient (Wildman–Crippen LogP) is 1.93. The lowest BCUT2D eigenvalue weighted by Gasteiger charge is -2.34. The van der Waals surface area contributed by atoms with Crippen LogP contribution in [0, 0.1) is 6.92 Å². The molecule has 0 atom stereocenters. The van der Waals surface area contributed by atoms with Gasteiger partial charge in [0.15, 0.2) is 0 Å². The number of hydrogen-bond donors (Lipinski definition) is 0. The molecule has 1 saturated heterocycles. The molecule has 2 rings (SSSR count). The van der Waals surface area contributed by atoms with E-state index >= 15 is 0 Å². The molecule has 1 aliphatic rings. The molecule has 0 saturated carbocycles. The van der Waals surface area contributed by atoms with Crippen molar-refractivity contribution in [3.63, 3.8) is 0 Å². The zero-order valence-corrected chi connectivity index (χ0v) is 15.2. The van der Waals surface area contributed by atoms with E-state index in [9.17, 15) is 9.59 Å². The van der Waals surface area contributed by atoms with Crippen LogP contribution in [0.1, 0.15) is 48.6 Å².